The number of halogens is 2. The maximum atomic E-state index is 13.1. The van der Waals surface area contributed by atoms with Gasteiger partial charge in [-0.15, -0.1) is 0 Å². The Bertz CT molecular complexity index is 833. The third-order valence-corrected chi connectivity index (χ3v) is 2.79. The van der Waals surface area contributed by atoms with E-state index in [1.165, 1.54) is 6.07 Å². The van der Waals surface area contributed by atoms with Gasteiger partial charge >= 0.3 is 0 Å². The van der Waals surface area contributed by atoms with Crippen LogP contribution in [0.2, 0.25) is 0 Å². The Morgan fingerprint density at radius 1 is 1.10 bits per heavy atom. The number of hydrogen-bond donors (Lipinski definition) is 2. The Morgan fingerprint density at radius 2 is 1.95 bits per heavy atom. The second-order valence-electron chi connectivity index (χ2n) is 4.18. The number of rotatable bonds is 2. The van der Waals surface area contributed by atoms with Crippen LogP contribution >= 0.6 is 0 Å². The summed E-state index contributed by atoms with van der Waals surface area (Å²) < 4.78 is 25.9. The van der Waals surface area contributed by atoms with Crippen molar-refractivity contribution in [2.75, 3.05) is 5.32 Å². The molecule has 20 heavy (non-hydrogen) atoms. The molecule has 0 radical (unpaired) electrons. The standard InChI is InChI=1S/C14H8F2N4/c15-10-3-2-9(6-11(10)16)18-14-19-12-4-1-8(7-17)5-13(12)20-14/h1-6H,(H2,18,19,20). The lowest BCUT2D eigenvalue weighted by atomic mass is 10.2. The number of hydrogen-bond acceptors (Lipinski definition) is 3. The van der Waals surface area contributed by atoms with Crippen LogP contribution in [-0.2, 0) is 0 Å². The van der Waals surface area contributed by atoms with Crippen LogP contribution in [0.3, 0.4) is 0 Å². The first kappa shape index (κ1) is 12.1. The Labute approximate surface area is 112 Å². The number of imidazole rings is 1. The lowest BCUT2D eigenvalue weighted by Crippen LogP contribution is -1.94. The van der Waals surface area contributed by atoms with Gasteiger partial charge in [-0.3, -0.25) is 0 Å². The minimum absolute atomic E-state index is 0.378. The molecule has 0 saturated carbocycles. The van der Waals surface area contributed by atoms with Crippen molar-refractivity contribution < 1.29 is 8.78 Å². The third-order valence-electron chi connectivity index (χ3n) is 2.79. The van der Waals surface area contributed by atoms with Gasteiger partial charge in [-0.05, 0) is 30.3 Å². The van der Waals surface area contributed by atoms with Crippen LogP contribution in [0.5, 0.6) is 0 Å². The van der Waals surface area contributed by atoms with Gasteiger partial charge in [0.15, 0.2) is 11.6 Å². The average molecular weight is 270 g/mol. The first-order chi connectivity index (χ1) is 9.65. The van der Waals surface area contributed by atoms with Crippen LogP contribution in [-0.4, -0.2) is 9.97 Å². The Hall–Kier alpha value is -2.94. The second-order valence-corrected chi connectivity index (χ2v) is 4.18. The fraction of sp³-hybridized carbons (Fsp3) is 0. The molecule has 0 aliphatic heterocycles. The van der Waals surface area contributed by atoms with Crippen LogP contribution in [0, 0.1) is 23.0 Å². The van der Waals surface area contributed by atoms with E-state index in [0.717, 1.165) is 12.1 Å². The van der Waals surface area contributed by atoms with Crippen LogP contribution in [0.4, 0.5) is 20.4 Å². The largest absolute Gasteiger partial charge is 0.326 e. The first-order valence-corrected chi connectivity index (χ1v) is 5.77. The smallest absolute Gasteiger partial charge is 0.205 e. The van der Waals surface area contributed by atoms with Crippen molar-refractivity contribution in [2.45, 2.75) is 0 Å². The molecule has 0 fully saturated rings. The number of H-pyrrole nitrogens is 1. The number of aromatic nitrogens is 2. The summed E-state index contributed by atoms with van der Waals surface area (Å²) in [5.74, 6) is -1.45. The van der Waals surface area contributed by atoms with Crippen molar-refractivity contribution in [3.63, 3.8) is 0 Å². The van der Waals surface area contributed by atoms with E-state index in [1.54, 1.807) is 18.2 Å². The Balaban J connectivity index is 1.94. The summed E-state index contributed by atoms with van der Waals surface area (Å²) in [5, 5.41) is 11.7. The zero-order chi connectivity index (χ0) is 14.1. The molecule has 98 valence electrons. The topological polar surface area (TPSA) is 64.5 Å². The molecule has 6 heteroatoms. The van der Waals surface area contributed by atoms with E-state index in [-0.39, 0.29) is 0 Å². The molecule has 0 bridgehead atoms. The Morgan fingerprint density at radius 3 is 2.70 bits per heavy atom. The fourth-order valence-corrected chi connectivity index (χ4v) is 1.85. The molecule has 0 amide bonds. The molecule has 4 nitrogen and oxygen atoms in total. The van der Waals surface area contributed by atoms with Crippen LogP contribution < -0.4 is 5.32 Å². The van der Waals surface area contributed by atoms with Gasteiger partial charge in [0.2, 0.25) is 5.95 Å². The molecule has 2 N–H and O–H groups in total. The predicted octanol–water partition coefficient (Wildman–Crippen LogP) is 3.46. The summed E-state index contributed by atoms with van der Waals surface area (Å²) in [6, 6.07) is 10.6. The predicted molar refractivity (Wildman–Crippen MR) is 70.4 cm³/mol. The molecule has 0 aliphatic carbocycles. The number of benzene rings is 2. The third kappa shape index (κ3) is 2.17. The van der Waals surface area contributed by atoms with E-state index in [2.05, 4.69) is 15.3 Å². The SMILES string of the molecule is N#Cc1ccc2nc(Nc3ccc(F)c(F)c3)[nH]c2c1. The summed E-state index contributed by atoms with van der Waals surface area (Å²) in [6.07, 6.45) is 0. The highest BCUT2D eigenvalue weighted by Crippen LogP contribution is 2.20. The van der Waals surface area contributed by atoms with E-state index in [0.29, 0.717) is 28.2 Å². The van der Waals surface area contributed by atoms with Gasteiger partial charge in [0.1, 0.15) is 0 Å². The molecule has 0 unspecified atom stereocenters. The summed E-state index contributed by atoms with van der Waals surface area (Å²) in [7, 11) is 0. The van der Waals surface area contributed by atoms with Crippen molar-refractivity contribution in [1.29, 1.82) is 5.26 Å². The van der Waals surface area contributed by atoms with Gasteiger partial charge in [-0.2, -0.15) is 5.26 Å². The molecule has 0 aliphatic rings. The van der Waals surface area contributed by atoms with Gasteiger partial charge in [0.05, 0.1) is 22.7 Å². The highest BCUT2D eigenvalue weighted by molar-refractivity contribution is 5.79. The van der Waals surface area contributed by atoms with E-state index in [9.17, 15) is 8.78 Å². The Kier molecular flexibility index (Phi) is 2.80. The molecule has 0 saturated heterocycles. The molecule has 0 atom stereocenters. The highest BCUT2D eigenvalue weighted by Gasteiger charge is 2.06. The van der Waals surface area contributed by atoms with E-state index < -0.39 is 11.6 Å². The molecule has 2 aromatic carbocycles. The quantitative estimate of drug-likeness (QED) is 0.749. The monoisotopic (exact) mass is 270 g/mol. The molecule has 3 rings (SSSR count). The van der Waals surface area contributed by atoms with Gasteiger partial charge in [0, 0.05) is 11.8 Å². The molecular weight excluding hydrogens is 262 g/mol. The maximum absolute atomic E-state index is 13.1. The maximum Gasteiger partial charge on any atom is 0.205 e. The van der Waals surface area contributed by atoms with Crippen molar-refractivity contribution >= 4 is 22.7 Å². The van der Waals surface area contributed by atoms with Gasteiger partial charge < -0.3 is 10.3 Å². The summed E-state index contributed by atoms with van der Waals surface area (Å²) in [5.41, 5.74) is 2.26. The van der Waals surface area contributed by atoms with E-state index >= 15 is 0 Å². The van der Waals surface area contributed by atoms with Gasteiger partial charge in [0.25, 0.3) is 0 Å². The minimum atomic E-state index is -0.933. The number of aromatic amines is 1. The van der Waals surface area contributed by atoms with Gasteiger partial charge in [-0.1, -0.05) is 0 Å². The fourth-order valence-electron chi connectivity index (χ4n) is 1.85. The van der Waals surface area contributed by atoms with Crippen LogP contribution in [0.25, 0.3) is 11.0 Å². The molecule has 0 spiro atoms. The van der Waals surface area contributed by atoms with E-state index in [1.807, 2.05) is 6.07 Å². The van der Waals surface area contributed by atoms with E-state index in [4.69, 9.17) is 5.26 Å². The zero-order valence-corrected chi connectivity index (χ0v) is 10.1. The zero-order valence-electron chi connectivity index (χ0n) is 10.1. The number of anilines is 2. The molecule has 1 heterocycles. The first-order valence-electron chi connectivity index (χ1n) is 5.77. The molecular formula is C14H8F2N4. The van der Waals surface area contributed by atoms with Gasteiger partial charge in [-0.25, -0.2) is 13.8 Å². The normalized spacial score (nSPS) is 10.4. The van der Waals surface area contributed by atoms with Crippen molar-refractivity contribution in [3.8, 4) is 6.07 Å². The number of fused-ring (bicyclic) bond motifs is 1. The highest BCUT2D eigenvalue weighted by atomic mass is 19.2. The second kappa shape index (κ2) is 4.63. The van der Waals surface area contributed by atoms with Crippen LogP contribution in [0.1, 0.15) is 5.56 Å². The number of nitrogens with one attached hydrogen (secondary N) is 2. The summed E-state index contributed by atoms with van der Waals surface area (Å²) in [6.45, 7) is 0. The van der Waals surface area contributed by atoms with Crippen molar-refractivity contribution in [3.05, 3.63) is 53.6 Å². The molecule has 3 aromatic rings. The van der Waals surface area contributed by atoms with Crippen molar-refractivity contribution in [2.24, 2.45) is 0 Å². The lowest BCUT2D eigenvalue weighted by molar-refractivity contribution is 0.509. The van der Waals surface area contributed by atoms with Crippen LogP contribution in [0.15, 0.2) is 36.4 Å². The molecule has 1 aromatic heterocycles. The summed E-state index contributed by atoms with van der Waals surface area (Å²) in [4.78, 5) is 7.21. The van der Waals surface area contributed by atoms with Crippen molar-refractivity contribution in [1.82, 2.24) is 9.97 Å². The minimum Gasteiger partial charge on any atom is -0.326 e. The average Bonchev–Trinajstić information content (AvgIpc) is 2.84. The number of nitriles is 1. The lowest BCUT2D eigenvalue weighted by Gasteiger charge is -2.02. The summed E-state index contributed by atoms with van der Waals surface area (Å²) >= 11 is 0. The number of nitrogens with zero attached hydrogens (tertiary/aromatic N) is 2.